The molecule has 0 spiro atoms. The van der Waals surface area contributed by atoms with E-state index in [4.69, 9.17) is 4.74 Å². The first-order chi connectivity index (χ1) is 8.65. The molecule has 0 saturated carbocycles. The van der Waals surface area contributed by atoms with Gasteiger partial charge in [0.25, 0.3) is 0 Å². The molecule has 18 heavy (non-hydrogen) atoms. The quantitative estimate of drug-likeness (QED) is 0.812. The average molecular weight is 256 g/mol. The van der Waals surface area contributed by atoms with Crippen LogP contribution >= 0.6 is 0 Å². The molecular formula is C14H28N2O2. The number of nitrogens with zero attached hydrogens (tertiary/aromatic N) is 2. The highest BCUT2D eigenvalue weighted by Crippen LogP contribution is 2.16. The molecule has 4 heteroatoms. The number of hydrogen-bond acceptors (Lipinski definition) is 4. The highest BCUT2D eigenvalue weighted by Gasteiger charge is 2.26. The van der Waals surface area contributed by atoms with Crippen LogP contribution in [-0.4, -0.2) is 72.5 Å². The molecule has 0 aromatic rings. The third kappa shape index (κ3) is 4.19. The van der Waals surface area contributed by atoms with Crippen molar-refractivity contribution in [3.8, 4) is 0 Å². The largest absolute Gasteiger partial charge is 0.392 e. The molecule has 0 aromatic carbocycles. The Balaban J connectivity index is 1.73. The molecule has 3 atom stereocenters. The predicted molar refractivity (Wildman–Crippen MR) is 72.7 cm³/mol. The number of aliphatic hydroxyl groups is 1. The Bertz CT molecular complexity index is 242. The Kier molecular flexibility index (Phi) is 5.42. The molecule has 2 rings (SSSR count). The molecule has 2 aliphatic rings. The lowest BCUT2D eigenvalue weighted by molar-refractivity contribution is -0.0250. The zero-order valence-corrected chi connectivity index (χ0v) is 11.8. The zero-order valence-electron chi connectivity index (χ0n) is 11.8. The normalized spacial score (nSPS) is 33.5. The molecule has 0 aromatic heterocycles. The fourth-order valence-corrected chi connectivity index (χ4v) is 3.09. The molecular weight excluding hydrogens is 228 g/mol. The van der Waals surface area contributed by atoms with Gasteiger partial charge in [-0.05, 0) is 33.1 Å². The highest BCUT2D eigenvalue weighted by atomic mass is 16.5. The Morgan fingerprint density at radius 1 is 1.33 bits per heavy atom. The van der Waals surface area contributed by atoms with E-state index in [1.165, 1.54) is 19.3 Å². The van der Waals surface area contributed by atoms with Crippen LogP contribution in [0.3, 0.4) is 0 Å². The van der Waals surface area contributed by atoms with Gasteiger partial charge in [-0.15, -0.1) is 0 Å². The van der Waals surface area contributed by atoms with Crippen molar-refractivity contribution < 1.29 is 9.84 Å². The van der Waals surface area contributed by atoms with Gasteiger partial charge in [0.1, 0.15) is 0 Å². The monoisotopic (exact) mass is 256 g/mol. The predicted octanol–water partition coefficient (Wildman–Crippen LogP) is 0.942. The average Bonchev–Trinajstić information content (AvgIpc) is 2.33. The van der Waals surface area contributed by atoms with E-state index in [0.717, 1.165) is 39.3 Å². The van der Waals surface area contributed by atoms with Gasteiger partial charge < -0.3 is 9.84 Å². The van der Waals surface area contributed by atoms with Crippen molar-refractivity contribution in [2.45, 2.75) is 51.4 Å². The summed E-state index contributed by atoms with van der Waals surface area (Å²) < 4.78 is 5.81. The summed E-state index contributed by atoms with van der Waals surface area (Å²) >= 11 is 0. The summed E-state index contributed by atoms with van der Waals surface area (Å²) in [6, 6.07) is 0.539. The second-order valence-corrected chi connectivity index (χ2v) is 5.94. The van der Waals surface area contributed by atoms with Gasteiger partial charge in [0.2, 0.25) is 0 Å². The maximum Gasteiger partial charge on any atom is 0.0702 e. The maximum absolute atomic E-state index is 9.47. The van der Waals surface area contributed by atoms with Gasteiger partial charge in [0, 0.05) is 45.4 Å². The summed E-state index contributed by atoms with van der Waals surface area (Å²) in [5, 5.41) is 9.47. The third-order valence-corrected chi connectivity index (χ3v) is 4.08. The van der Waals surface area contributed by atoms with Crippen LogP contribution in [0.5, 0.6) is 0 Å². The van der Waals surface area contributed by atoms with Crippen molar-refractivity contribution in [3.63, 3.8) is 0 Å². The van der Waals surface area contributed by atoms with Crippen LogP contribution in [0.15, 0.2) is 0 Å². The van der Waals surface area contributed by atoms with Crippen molar-refractivity contribution in [2.75, 3.05) is 39.3 Å². The Morgan fingerprint density at radius 3 is 2.78 bits per heavy atom. The van der Waals surface area contributed by atoms with E-state index in [0.29, 0.717) is 12.1 Å². The van der Waals surface area contributed by atoms with Crippen LogP contribution < -0.4 is 0 Å². The second kappa shape index (κ2) is 6.85. The van der Waals surface area contributed by atoms with Gasteiger partial charge in [-0.1, -0.05) is 0 Å². The molecule has 1 N–H and O–H groups in total. The summed E-state index contributed by atoms with van der Waals surface area (Å²) in [7, 11) is 0. The van der Waals surface area contributed by atoms with Crippen molar-refractivity contribution in [2.24, 2.45) is 0 Å². The molecule has 106 valence electrons. The smallest absolute Gasteiger partial charge is 0.0702 e. The molecule has 2 fully saturated rings. The molecule has 0 amide bonds. The molecule has 2 aliphatic heterocycles. The fourth-order valence-electron chi connectivity index (χ4n) is 3.09. The lowest BCUT2D eigenvalue weighted by atomic mass is 10.1. The molecule has 0 aliphatic carbocycles. The van der Waals surface area contributed by atoms with Crippen LogP contribution in [0.1, 0.15) is 33.1 Å². The number of hydrogen-bond donors (Lipinski definition) is 1. The standard InChI is InChI=1S/C14H28N2O2/c1-12-9-15(6-7-16(12)10-13(2)17)11-14-5-3-4-8-18-14/h12-14,17H,3-11H2,1-2H3/t12-,13+,14-/m1/s1. The molecule has 0 radical (unpaired) electrons. The minimum Gasteiger partial charge on any atom is -0.392 e. The summed E-state index contributed by atoms with van der Waals surface area (Å²) in [4.78, 5) is 4.92. The van der Waals surface area contributed by atoms with Crippen LogP contribution in [0.25, 0.3) is 0 Å². The van der Waals surface area contributed by atoms with E-state index in [1.807, 2.05) is 6.92 Å². The highest BCUT2D eigenvalue weighted by molar-refractivity contribution is 4.82. The van der Waals surface area contributed by atoms with Crippen LogP contribution in [0, 0.1) is 0 Å². The first-order valence-electron chi connectivity index (χ1n) is 7.41. The van der Waals surface area contributed by atoms with Gasteiger partial charge in [0.05, 0.1) is 12.2 Å². The van der Waals surface area contributed by atoms with Crippen molar-refractivity contribution in [1.29, 1.82) is 0 Å². The Morgan fingerprint density at radius 2 is 2.17 bits per heavy atom. The lowest BCUT2D eigenvalue weighted by Crippen LogP contribution is -2.55. The summed E-state index contributed by atoms with van der Waals surface area (Å²) in [5.41, 5.74) is 0. The van der Waals surface area contributed by atoms with Crippen molar-refractivity contribution in [3.05, 3.63) is 0 Å². The van der Waals surface area contributed by atoms with E-state index < -0.39 is 0 Å². The molecule has 0 unspecified atom stereocenters. The number of aliphatic hydroxyl groups excluding tert-OH is 1. The lowest BCUT2D eigenvalue weighted by Gasteiger charge is -2.41. The van der Waals surface area contributed by atoms with Crippen molar-refractivity contribution >= 4 is 0 Å². The SMILES string of the molecule is C[C@H](O)CN1CCN(C[C@H]2CCCCO2)C[C@H]1C. The van der Waals surface area contributed by atoms with Gasteiger partial charge in [-0.2, -0.15) is 0 Å². The van der Waals surface area contributed by atoms with E-state index in [9.17, 15) is 5.11 Å². The van der Waals surface area contributed by atoms with Crippen LogP contribution in [-0.2, 0) is 4.74 Å². The zero-order chi connectivity index (χ0) is 13.0. The third-order valence-electron chi connectivity index (χ3n) is 4.08. The van der Waals surface area contributed by atoms with Crippen LogP contribution in [0.4, 0.5) is 0 Å². The van der Waals surface area contributed by atoms with Crippen LogP contribution in [0.2, 0.25) is 0 Å². The number of ether oxygens (including phenoxy) is 1. The molecule has 4 nitrogen and oxygen atoms in total. The Labute approximate surface area is 111 Å². The fraction of sp³-hybridized carbons (Fsp3) is 1.00. The molecule has 0 bridgehead atoms. The number of rotatable bonds is 4. The molecule has 2 saturated heterocycles. The van der Waals surface area contributed by atoms with E-state index >= 15 is 0 Å². The summed E-state index contributed by atoms with van der Waals surface area (Å²) in [6.45, 7) is 10.2. The van der Waals surface area contributed by atoms with Gasteiger partial charge in [-0.3, -0.25) is 9.80 Å². The van der Waals surface area contributed by atoms with Gasteiger partial charge in [-0.25, -0.2) is 0 Å². The van der Waals surface area contributed by atoms with Gasteiger partial charge >= 0.3 is 0 Å². The van der Waals surface area contributed by atoms with E-state index in [-0.39, 0.29) is 6.10 Å². The Hall–Kier alpha value is -0.160. The minimum atomic E-state index is -0.222. The number of piperazine rings is 1. The summed E-state index contributed by atoms with van der Waals surface area (Å²) in [5.74, 6) is 0. The molecule has 2 heterocycles. The maximum atomic E-state index is 9.47. The second-order valence-electron chi connectivity index (χ2n) is 5.94. The summed E-state index contributed by atoms with van der Waals surface area (Å²) in [6.07, 6.45) is 4.01. The van der Waals surface area contributed by atoms with Crippen molar-refractivity contribution in [1.82, 2.24) is 9.80 Å². The number of β-amino-alcohol motifs (C(OH)–C–C–N with tert-alkyl or cyclic N) is 1. The topological polar surface area (TPSA) is 35.9 Å². The first kappa shape index (κ1) is 14.3. The van der Waals surface area contributed by atoms with E-state index in [1.54, 1.807) is 0 Å². The first-order valence-corrected chi connectivity index (χ1v) is 7.41. The minimum absolute atomic E-state index is 0.222. The van der Waals surface area contributed by atoms with Gasteiger partial charge in [0.15, 0.2) is 0 Å². The van der Waals surface area contributed by atoms with E-state index in [2.05, 4.69) is 16.7 Å².